The van der Waals surface area contributed by atoms with Crippen LogP contribution in [0.4, 0.5) is 0 Å². The molecule has 2 aliphatic rings. The minimum atomic E-state index is 0. The van der Waals surface area contributed by atoms with E-state index >= 15 is 0 Å². The van der Waals surface area contributed by atoms with Gasteiger partial charge in [-0.15, -0.1) is 24.0 Å². The van der Waals surface area contributed by atoms with Gasteiger partial charge in [0.1, 0.15) is 6.54 Å². The number of carbonyl (C=O) groups is 1. The Bertz CT molecular complexity index is 463. The minimum absolute atomic E-state index is 0. The highest BCUT2D eigenvalue weighted by molar-refractivity contribution is 14.0. The molecular weight excluding hydrogens is 441 g/mol. The number of amides is 1. The van der Waals surface area contributed by atoms with Crippen LogP contribution in [0.1, 0.15) is 52.9 Å². The van der Waals surface area contributed by atoms with Crippen LogP contribution in [-0.2, 0) is 4.79 Å². The van der Waals surface area contributed by atoms with Gasteiger partial charge in [-0.05, 0) is 32.6 Å². The lowest BCUT2D eigenvalue weighted by atomic mass is 9.96. The van der Waals surface area contributed by atoms with Crippen molar-refractivity contribution >= 4 is 35.8 Å². The van der Waals surface area contributed by atoms with Gasteiger partial charge in [-0.1, -0.05) is 26.2 Å². The third-order valence-corrected chi connectivity index (χ3v) is 5.51. The van der Waals surface area contributed by atoms with Crippen molar-refractivity contribution in [3.8, 4) is 0 Å². The Kier molecular flexibility index (Phi) is 10.2. The molecule has 2 atom stereocenters. The highest BCUT2D eigenvalue weighted by Crippen LogP contribution is 2.20. The van der Waals surface area contributed by atoms with Crippen molar-refractivity contribution in [3.05, 3.63) is 0 Å². The van der Waals surface area contributed by atoms with Crippen molar-refractivity contribution in [2.75, 3.05) is 33.7 Å². The van der Waals surface area contributed by atoms with E-state index < -0.39 is 0 Å². The van der Waals surface area contributed by atoms with Crippen molar-refractivity contribution in [2.24, 2.45) is 10.9 Å². The smallest absolute Gasteiger partial charge is 0.243 e. The SMILES string of the molecule is CC1CN(C(C)C)CC1NC(=NCC(=O)N(C)C)NC1CCCCC1.I. The summed E-state index contributed by atoms with van der Waals surface area (Å²) in [6.45, 7) is 9.14. The van der Waals surface area contributed by atoms with Crippen LogP contribution in [0.25, 0.3) is 0 Å². The summed E-state index contributed by atoms with van der Waals surface area (Å²) in [4.78, 5) is 20.6. The largest absolute Gasteiger partial charge is 0.354 e. The molecule has 1 saturated heterocycles. The maximum atomic E-state index is 11.9. The Morgan fingerprint density at radius 1 is 1.15 bits per heavy atom. The summed E-state index contributed by atoms with van der Waals surface area (Å²) in [7, 11) is 3.55. The number of rotatable bonds is 5. The minimum Gasteiger partial charge on any atom is -0.354 e. The third kappa shape index (κ3) is 7.21. The van der Waals surface area contributed by atoms with E-state index in [-0.39, 0.29) is 36.4 Å². The first-order valence-electron chi connectivity index (χ1n) is 9.88. The van der Waals surface area contributed by atoms with Crippen molar-refractivity contribution in [3.63, 3.8) is 0 Å². The standard InChI is InChI=1S/C19H37N5O.HI/c1-14(2)24-12-15(3)17(13-24)22-19(20-11-18(25)23(4)5)21-16-9-7-6-8-10-16;/h14-17H,6-13H2,1-5H3,(H2,20,21,22);1H. The molecule has 0 aromatic heterocycles. The molecule has 2 rings (SSSR count). The zero-order chi connectivity index (χ0) is 18.4. The molecular formula is C19H38IN5O. The summed E-state index contributed by atoms with van der Waals surface area (Å²) >= 11 is 0. The number of likely N-dealkylation sites (tertiary alicyclic amines) is 1. The van der Waals surface area contributed by atoms with Crippen LogP contribution in [0.5, 0.6) is 0 Å². The molecule has 2 N–H and O–H groups in total. The Morgan fingerprint density at radius 2 is 1.81 bits per heavy atom. The van der Waals surface area contributed by atoms with Crippen LogP contribution < -0.4 is 10.6 Å². The topological polar surface area (TPSA) is 60.0 Å². The highest BCUT2D eigenvalue weighted by atomic mass is 127. The van der Waals surface area contributed by atoms with Gasteiger partial charge in [0.2, 0.25) is 5.91 Å². The predicted molar refractivity (Wildman–Crippen MR) is 119 cm³/mol. The van der Waals surface area contributed by atoms with E-state index in [9.17, 15) is 4.79 Å². The van der Waals surface area contributed by atoms with Crippen LogP contribution in [0, 0.1) is 5.92 Å². The Balaban J connectivity index is 0.00000338. The number of nitrogens with one attached hydrogen (secondary N) is 2. The molecule has 0 radical (unpaired) electrons. The van der Waals surface area contributed by atoms with Gasteiger partial charge in [-0.25, -0.2) is 4.99 Å². The first kappa shape index (κ1) is 23.5. The van der Waals surface area contributed by atoms with Crippen molar-refractivity contribution in [2.45, 2.75) is 71.0 Å². The second-order valence-corrected chi connectivity index (χ2v) is 8.21. The molecule has 1 saturated carbocycles. The maximum absolute atomic E-state index is 11.9. The number of aliphatic imine (C=N–C) groups is 1. The highest BCUT2D eigenvalue weighted by Gasteiger charge is 2.31. The fraction of sp³-hybridized carbons (Fsp3) is 0.895. The van der Waals surface area contributed by atoms with Gasteiger partial charge in [0, 0.05) is 45.3 Å². The first-order valence-corrected chi connectivity index (χ1v) is 9.88. The quantitative estimate of drug-likeness (QED) is 0.361. The number of likely N-dealkylation sites (N-methyl/N-ethyl adjacent to an activating group) is 1. The Hall–Kier alpha value is -0.570. The number of guanidine groups is 1. The fourth-order valence-electron chi connectivity index (χ4n) is 3.65. The molecule has 1 amide bonds. The van der Waals surface area contributed by atoms with Gasteiger partial charge in [-0.2, -0.15) is 0 Å². The molecule has 6 nitrogen and oxygen atoms in total. The van der Waals surface area contributed by atoms with Crippen LogP contribution in [0.15, 0.2) is 4.99 Å². The molecule has 0 aromatic rings. The van der Waals surface area contributed by atoms with E-state index in [0.717, 1.165) is 19.0 Å². The molecule has 1 heterocycles. The molecule has 7 heteroatoms. The van der Waals surface area contributed by atoms with Gasteiger partial charge < -0.3 is 15.5 Å². The van der Waals surface area contributed by atoms with Crippen LogP contribution in [0.3, 0.4) is 0 Å². The molecule has 26 heavy (non-hydrogen) atoms. The number of hydrogen-bond acceptors (Lipinski definition) is 3. The predicted octanol–water partition coefficient (Wildman–Crippen LogP) is 2.29. The van der Waals surface area contributed by atoms with E-state index in [2.05, 4.69) is 41.3 Å². The molecule has 1 aliphatic carbocycles. The van der Waals surface area contributed by atoms with Gasteiger partial charge in [0.15, 0.2) is 5.96 Å². The lowest BCUT2D eigenvalue weighted by Crippen LogP contribution is -2.50. The lowest BCUT2D eigenvalue weighted by Gasteiger charge is -2.27. The van der Waals surface area contributed by atoms with E-state index in [1.165, 1.54) is 32.1 Å². The lowest BCUT2D eigenvalue weighted by molar-refractivity contribution is -0.127. The fourth-order valence-corrected chi connectivity index (χ4v) is 3.65. The summed E-state index contributed by atoms with van der Waals surface area (Å²) in [5, 5.41) is 7.21. The van der Waals surface area contributed by atoms with Crippen molar-refractivity contribution < 1.29 is 4.79 Å². The molecule has 0 aromatic carbocycles. The number of halogens is 1. The number of carbonyl (C=O) groups excluding carboxylic acids is 1. The average Bonchev–Trinajstić information content (AvgIpc) is 2.94. The van der Waals surface area contributed by atoms with Crippen LogP contribution in [-0.4, -0.2) is 73.5 Å². The average molecular weight is 479 g/mol. The summed E-state index contributed by atoms with van der Waals surface area (Å²) in [6, 6.07) is 1.43. The second kappa shape index (κ2) is 11.3. The zero-order valence-electron chi connectivity index (χ0n) is 17.1. The molecule has 2 unspecified atom stereocenters. The maximum Gasteiger partial charge on any atom is 0.243 e. The Morgan fingerprint density at radius 3 is 2.35 bits per heavy atom. The van der Waals surface area contributed by atoms with E-state index in [1.54, 1.807) is 19.0 Å². The summed E-state index contributed by atoms with van der Waals surface area (Å²) in [5.74, 6) is 1.42. The van der Waals surface area contributed by atoms with Crippen molar-refractivity contribution in [1.29, 1.82) is 0 Å². The third-order valence-electron chi connectivity index (χ3n) is 5.51. The van der Waals surface area contributed by atoms with Crippen molar-refractivity contribution in [1.82, 2.24) is 20.4 Å². The van der Waals surface area contributed by atoms with Gasteiger partial charge >= 0.3 is 0 Å². The van der Waals surface area contributed by atoms with Crippen LogP contribution in [0.2, 0.25) is 0 Å². The monoisotopic (exact) mass is 479 g/mol. The summed E-state index contributed by atoms with van der Waals surface area (Å²) in [6.07, 6.45) is 6.28. The zero-order valence-corrected chi connectivity index (χ0v) is 19.5. The number of hydrogen-bond donors (Lipinski definition) is 2. The first-order chi connectivity index (χ1) is 11.9. The molecule has 1 aliphatic heterocycles. The van der Waals surface area contributed by atoms with Gasteiger partial charge in [0.25, 0.3) is 0 Å². The van der Waals surface area contributed by atoms with Gasteiger partial charge in [0.05, 0.1) is 0 Å². The van der Waals surface area contributed by atoms with Crippen LogP contribution >= 0.6 is 24.0 Å². The van der Waals surface area contributed by atoms with Gasteiger partial charge in [-0.3, -0.25) is 9.69 Å². The second-order valence-electron chi connectivity index (χ2n) is 8.21. The van der Waals surface area contributed by atoms with E-state index in [4.69, 9.17) is 0 Å². The molecule has 2 fully saturated rings. The van der Waals surface area contributed by atoms with E-state index in [1.807, 2.05) is 0 Å². The van der Waals surface area contributed by atoms with E-state index in [0.29, 0.717) is 24.0 Å². The summed E-state index contributed by atoms with van der Waals surface area (Å²) in [5.41, 5.74) is 0. The summed E-state index contributed by atoms with van der Waals surface area (Å²) < 4.78 is 0. The molecule has 0 spiro atoms. The number of nitrogens with zero attached hydrogens (tertiary/aromatic N) is 3. The normalized spacial score (nSPS) is 25.1. The molecule has 152 valence electrons. The Labute approximate surface area is 176 Å². The molecule has 0 bridgehead atoms.